The lowest BCUT2D eigenvalue weighted by molar-refractivity contribution is 0.0444. The van der Waals surface area contributed by atoms with Gasteiger partial charge in [-0.05, 0) is 37.1 Å². The molecule has 27 heavy (non-hydrogen) atoms. The standard InChI is InChI=1S/C20H24ClN5O/c1-25-10-19(11-25)12-26(17-15(21)9-23-18(22)24-17)16-8-13(4-5-14(16)19)20(27)6-2-3-7-20/h4-5,8-9,27H,2-3,6-7,10-12H2,1H3,(H2,22,23,24). The van der Waals surface area contributed by atoms with Crippen LogP contribution in [-0.4, -0.2) is 46.7 Å². The Kier molecular flexibility index (Phi) is 3.70. The minimum atomic E-state index is -0.721. The molecule has 7 heteroatoms. The Balaban J connectivity index is 1.64. The number of likely N-dealkylation sites (N-methyl/N-ethyl adjacent to an activating group) is 1. The van der Waals surface area contributed by atoms with Crippen molar-refractivity contribution in [2.45, 2.75) is 36.7 Å². The van der Waals surface area contributed by atoms with E-state index < -0.39 is 5.60 Å². The van der Waals surface area contributed by atoms with Crippen molar-refractivity contribution in [1.82, 2.24) is 14.9 Å². The first-order valence-electron chi connectivity index (χ1n) is 9.52. The van der Waals surface area contributed by atoms with Crippen LogP contribution in [-0.2, 0) is 11.0 Å². The molecule has 0 radical (unpaired) electrons. The molecular weight excluding hydrogens is 362 g/mol. The zero-order chi connectivity index (χ0) is 18.8. The molecular formula is C20H24ClN5O. The predicted octanol–water partition coefficient (Wildman–Crippen LogP) is 2.81. The number of rotatable bonds is 2. The van der Waals surface area contributed by atoms with Crippen LogP contribution in [0.5, 0.6) is 0 Å². The van der Waals surface area contributed by atoms with Gasteiger partial charge in [-0.3, -0.25) is 0 Å². The van der Waals surface area contributed by atoms with Gasteiger partial charge in [0.2, 0.25) is 5.95 Å². The average Bonchev–Trinajstić information content (AvgIpc) is 3.20. The molecule has 1 saturated carbocycles. The van der Waals surface area contributed by atoms with E-state index in [9.17, 15) is 5.11 Å². The summed E-state index contributed by atoms with van der Waals surface area (Å²) in [5, 5.41) is 11.6. The number of nitrogens with two attached hydrogens (primary N) is 1. The highest BCUT2D eigenvalue weighted by atomic mass is 35.5. The molecule has 1 aliphatic carbocycles. The molecule has 1 saturated heterocycles. The van der Waals surface area contributed by atoms with E-state index in [0.29, 0.717) is 10.8 Å². The molecule has 2 aliphatic heterocycles. The summed E-state index contributed by atoms with van der Waals surface area (Å²) in [5.74, 6) is 0.862. The Morgan fingerprint density at radius 1 is 1.19 bits per heavy atom. The highest BCUT2D eigenvalue weighted by Gasteiger charge is 2.51. The van der Waals surface area contributed by atoms with Crippen LogP contribution in [0.2, 0.25) is 5.02 Å². The smallest absolute Gasteiger partial charge is 0.222 e. The summed E-state index contributed by atoms with van der Waals surface area (Å²) in [6.07, 6.45) is 5.34. The molecule has 0 unspecified atom stereocenters. The zero-order valence-electron chi connectivity index (χ0n) is 15.5. The van der Waals surface area contributed by atoms with Gasteiger partial charge in [-0.25, -0.2) is 4.98 Å². The van der Waals surface area contributed by atoms with Crippen LogP contribution in [0.4, 0.5) is 17.5 Å². The Morgan fingerprint density at radius 3 is 2.63 bits per heavy atom. The molecule has 0 amide bonds. The Labute approximate surface area is 164 Å². The molecule has 0 atom stereocenters. The first kappa shape index (κ1) is 17.2. The Hall–Kier alpha value is -1.89. The van der Waals surface area contributed by atoms with Gasteiger partial charge in [-0.2, -0.15) is 4.98 Å². The fourth-order valence-corrected chi connectivity index (χ4v) is 5.41. The number of hydrogen-bond acceptors (Lipinski definition) is 6. The fraction of sp³-hybridized carbons (Fsp3) is 0.500. The summed E-state index contributed by atoms with van der Waals surface area (Å²) in [6, 6.07) is 6.46. The summed E-state index contributed by atoms with van der Waals surface area (Å²) in [5.41, 5.74) is 8.58. The fourth-order valence-electron chi connectivity index (χ4n) is 5.22. The number of nitrogens with zero attached hydrogens (tertiary/aromatic N) is 4. The number of aliphatic hydroxyl groups is 1. The van der Waals surface area contributed by atoms with Gasteiger partial charge < -0.3 is 20.6 Å². The van der Waals surface area contributed by atoms with Gasteiger partial charge in [0.05, 0.1) is 11.8 Å². The van der Waals surface area contributed by atoms with Crippen LogP contribution >= 0.6 is 11.6 Å². The van der Waals surface area contributed by atoms with Gasteiger partial charge in [-0.15, -0.1) is 0 Å². The number of anilines is 3. The number of aromatic nitrogens is 2. The summed E-state index contributed by atoms with van der Waals surface area (Å²) in [4.78, 5) is 12.9. The SMILES string of the molecule is CN1CC2(C1)CN(c1nc(N)ncc1Cl)c1cc(C3(O)CCCC3)ccc12. The van der Waals surface area contributed by atoms with Crippen molar-refractivity contribution in [2.24, 2.45) is 0 Å². The maximum atomic E-state index is 11.1. The molecule has 1 spiro atoms. The van der Waals surface area contributed by atoms with Crippen molar-refractivity contribution >= 4 is 29.1 Å². The maximum absolute atomic E-state index is 11.1. The molecule has 0 bridgehead atoms. The van der Waals surface area contributed by atoms with Crippen molar-refractivity contribution in [3.8, 4) is 0 Å². The Bertz CT molecular complexity index is 905. The molecule has 3 N–H and O–H groups in total. The highest BCUT2D eigenvalue weighted by Crippen LogP contribution is 2.51. The van der Waals surface area contributed by atoms with Crippen LogP contribution in [0, 0.1) is 0 Å². The van der Waals surface area contributed by atoms with Gasteiger partial charge in [0.25, 0.3) is 0 Å². The van der Waals surface area contributed by atoms with E-state index in [1.165, 1.54) is 5.56 Å². The van der Waals surface area contributed by atoms with Crippen LogP contribution < -0.4 is 10.6 Å². The van der Waals surface area contributed by atoms with E-state index >= 15 is 0 Å². The quantitative estimate of drug-likeness (QED) is 0.827. The zero-order valence-corrected chi connectivity index (χ0v) is 16.2. The summed E-state index contributed by atoms with van der Waals surface area (Å²) in [7, 11) is 2.14. The largest absolute Gasteiger partial charge is 0.385 e. The molecule has 3 heterocycles. The minimum Gasteiger partial charge on any atom is -0.385 e. The van der Waals surface area contributed by atoms with E-state index in [-0.39, 0.29) is 11.4 Å². The number of hydrogen-bond donors (Lipinski definition) is 2. The second-order valence-corrected chi connectivity index (χ2v) is 8.82. The van der Waals surface area contributed by atoms with E-state index in [1.807, 2.05) is 0 Å². The number of likely N-dealkylation sites (tertiary alicyclic amines) is 1. The summed E-state index contributed by atoms with van der Waals surface area (Å²) >= 11 is 6.44. The molecule has 1 aromatic heterocycles. The average molecular weight is 386 g/mol. The van der Waals surface area contributed by atoms with Gasteiger partial charge in [-0.1, -0.05) is 36.6 Å². The monoisotopic (exact) mass is 385 g/mol. The van der Waals surface area contributed by atoms with Crippen molar-refractivity contribution in [3.05, 3.63) is 40.5 Å². The molecule has 3 aliphatic rings. The minimum absolute atomic E-state index is 0.0734. The molecule has 6 nitrogen and oxygen atoms in total. The van der Waals surface area contributed by atoms with Crippen LogP contribution in [0.3, 0.4) is 0 Å². The first-order chi connectivity index (χ1) is 12.9. The maximum Gasteiger partial charge on any atom is 0.222 e. The second-order valence-electron chi connectivity index (χ2n) is 8.41. The van der Waals surface area contributed by atoms with Crippen molar-refractivity contribution in [2.75, 3.05) is 37.3 Å². The van der Waals surface area contributed by atoms with E-state index in [4.69, 9.17) is 17.3 Å². The van der Waals surface area contributed by atoms with E-state index in [2.05, 4.69) is 45.0 Å². The summed E-state index contributed by atoms with van der Waals surface area (Å²) in [6.45, 7) is 2.81. The third-order valence-electron chi connectivity index (χ3n) is 6.43. The predicted molar refractivity (Wildman–Crippen MR) is 106 cm³/mol. The van der Waals surface area contributed by atoms with Crippen molar-refractivity contribution in [1.29, 1.82) is 0 Å². The normalized spacial score (nSPS) is 22.9. The van der Waals surface area contributed by atoms with Crippen LogP contribution in [0.25, 0.3) is 0 Å². The van der Waals surface area contributed by atoms with Crippen LogP contribution in [0.15, 0.2) is 24.4 Å². The van der Waals surface area contributed by atoms with E-state index in [0.717, 1.165) is 56.6 Å². The second kappa shape index (κ2) is 5.80. The number of benzene rings is 1. The van der Waals surface area contributed by atoms with Gasteiger partial charge >= 0.3 is 0 Å². The van der Waals surface area contributed by atoms with Crippen molar-refractivity contribution in [3.63, 3.8) is 0 Å². The first-order valence-corrected chi connectivity index (χ1v) is 9.90. The van der Waals surface area contributed by atoms with Gasteiger partial charge in [0.1, 0.15) is 5.02 Å². The third kappa shape index (κ3) is 2.54. The lowest BCUT2D eigenvalue weighted by Crippen LogP contribution is -2.59. The lowest BCUT2D eigenvalue weighted by Gasteiger charge is -2.46. The highest BCUT2D eigenvalue weighted by molar-refractivity contribution is 6.33. The number of nitrogen functional groups attached to an aromatic ring is 1. The lowest BCUT2D eigenvalue weighted by atomic mass is 9.75. The molecule has 1 aromatic carbocycles. The molecule has 5 rings (SSSR count). The van der Waals surface area contributed by atoms with Crippen LogP contribution in [0.1, 0.15) is 36.8 Å². The molecule has 2 aromatic rings. The van der Waals surface area contributed by atoms with Gasteiger partial charge in [0.15, 0.2) is 5.82 Å². The third-order valence-corrected chi connectivity index (χ3v) is 6.70. The van der Waals surface area contributed by atoms with E-state index in [1.54, 1.807) is 6.20 Å². The Morgan fingerprint density at radius 2 is 1.93 bits per heavy atom. The topological polar surface area (TPSA) is 78.5 Å². The molecule has 2 fully saturated rings. The number of fused-ring (bicyclic) bond motifs is 2. The van der Waals surface area contributed by atoms with Gasteiger partial charge in [0, 0.05) is 30.7 Å². The number of halogens is 1. The molecule has 142 valence electrons. The van der Waals surface area contributed by atoms with Crippen molar-refractivity contribution < 1.29 is 5.11 Å². The summed E-state index contributed by atoms with van der Waals surface area (Å²) < 4.78 is 0.